The zero-order valence-corrected chi connectivity index (χ0v) is 9.50. The average Bonchev–Trinajstić information content (AvgIpc) is 2.64. The van der Waals surface area contributed by atoms with Gasteiger partial charge in [0.1, 0.15) is 5.82 Å². The molecule has 1 aromatic heterocycles. The average molecular weight is 240 g/mol. The highest BCUT2D eigenvalue weighted by molar-refractivity contribution is 6.31. The molecule has 0 bridgehead atoms. The van der Waals surface area contributed by atoms with Gasteiger partial charge in [-0.15, -0.1) is 0 Å². The van der Waals surface area contributed by atoms with Crippen molar-refractivity contribution in [2.24, 2.45) is 12.8 Å². The Hall–Kier alpha value is -1.39. The van der Waals surface area contributed by atoms with Gasteiger partial charge in [-0.2, -0.15) is 5.10 Å². The first-order valence-electron chi connectivity index (χ1n) is 4.80. The van der Waals surface area contributed by atoms with Gasteiger partial charge in [-0.25, -0.2) is 4.39 Å². The van der Waals surface area contributed by atoms with E-state index in [0.29, 0.717) is 6.54 Å². The van der Waals surface area contributed by atoms with Crippen molar-refractivity contribution in [3.8, 4) is 11.3 Å². The van der Waals surface area contributed by atoms with Crippen molar-refractivity contribution >= 4 is 11.6 Å². The molecule has 0 aliphatic rings. The molecule has 0 radical (unpaired) electrons. The lowest BCUT2D eigenvalue weighted by Crippen LogP contribution is -1.98. The molecular weight excluding hydrogens is 229 g/mol. The highest BCUT2D eigenvalue weighted by atomic mass is 35.5. The molecule has 2 N–H and O–H groups in total. The summed E-state index contributed by atoms with van der Waals surface area (Å²) in [5, 5.41) is 4.32. The van der Waals surface area contributed by atoms with Crippen molar-refractivity contribution in [1.82, 2.24) is 9.78 Å². The van der Waals surface area contributed by atoms with Gasteiger partial charge < -0.3 is 5.73 Å². The first-order chi connectivity index (χ1) is 7.61. The SMILES string of the molecule is Cn1nc(CN)cc1-c1ccc(F)c(Cl)c1. The van der Waals surface area contributed by atoms with Gasteiger partial charge >= 0.3 is 0 Å². The van der Waals surface area contributed by atoms with Crippen molar-refractivity contribution in [2.45, 2.75) is 6.54 Å². The molecule has 1 aromatic carbocycles. The van der Waals surface area contributed by atoms with Gasteiger partial charge in [0.25, 0.3) is 0 Å². The van der Waals surface area contributed by atoms with E-state index in [1.54, 1.807) is 16.8 Å². The fourth-order valence-electron chi connectivity index (χ4n) is 1.55. The molecule has 0 aliphatic carbocycles. The first kappa shape index (κ1) is 11.1. The minimum Gasteiger partial charge on any atom is -0.325 e. The second-order valence-electron chi connectivity index (χ2n) is 3.48. The van der Waals surface area contributed by atoms with Crippen molar-refractivity contribution in [3.05, 3.63) is 40.8 Å². The maximum Gasteiger partial charge on any atom is 0.141 e. The van der Waals surface area contributed by atoms with Gasteiger partial charge in [-0.05, 0) is 24.3 Å². The highest BCUT2D eigenvalue weighted by Crippen LogP contribution is 2.25. The zero-order valence-electron chi connectivity index (χ0n) is 8.74. The quantitative estimate of drug-likeness (QED) is 0.874. The Morgan fingerprint density at radius 1 is 1.44 bits per heavy atom. The third-order valence-corrected chi connectivity index (χ3v) is 2.64. The van der Waals surface area contributed by atoms with E-state index in [1.807, 2.05) is 13.1 Å². The van der Waals surface area contributed by atoms with E-state index in [9.17, 15) is 4.39 Å². The second-order valence-corrected chi connectivity index (χ2v) is 3.88. The lowest BCUT2D eigenvalue weighted by atomic mass is 10.1. The molecule has 0 unspecified atom stereocenters. The molecule has 0 fully saturated rings. The van der Waals surface area contributed by atoms with E-state index < -0.39 is 5.82 Å². The van der Waals surface area contributed by atoms with Crippen LogP contribution in [0.2, 0.25) is 5.02 Å². The molecule has 0 atom stereocenters. The Kier molecular flexibility index (Phi) is 2.94. The number of nitrogens with two attached hydrogens (primary N) is 1. The van der Waals surface area contributed by atoms with Crippen molar-refractivity contribution in [3.63, 3.8) is 0 Å². The molecule has 1 heterocycles. The standard InChI is InChI=1S/C11H11ClFN3/c1-16-11(5-8(6-14)15-16)7-2-3-10(13)9(12)4-7/h2-5H,6,14H2,1H3. The Balaban J connectivity index is 2.49. The lowest BCUT2D eigenvalue weighted by Gasteiger charge is -2.02. The second kappa shape index (κ2) is 4.23. The lowest BCUT2D eigenvalue weighted by molar-refractivity contribution is 0.628. The maximum atomic E-state index is 13.0. The van der Waals surface area contributed by atoms with Crippen LogP contribution < -0.4 is 5.73 Å². The fourth-order valence-corrected chi connectivity index (χ4v) is 1.73. The number of benzene rings is 1. The minimum atomic E-state index is -0.424. The topological polar surface area (TPSA) is 43.8 Å². The molecule has 2 aromatic rings. The number of aryl methyl sites for hydroxylation is 1. The Labute approximate surface area is 97.6 Å². The van der Waals surface area contributed by atoms with Crippen LogP contribution in [0.5, 0.6) is 0 Å². The van der Waals surface area contributed by atoms with Crippen molar-refractivity contribution < 1.29 is 4.39 Å². The summed E-state index contributed by atoms with van der Waals surface area (Å²) in [7, 11) is 1.81. The molecule has 0 saturated carbocycles. The summed E-state index contributed by atoms with van der Waals surface area (Å²) >= 11 is 5.73. The summed E-state index contributed by atoms with van der Waals surface area (Å²) in [6.07, 6.45) is 0. The number of nitrogens with zero attached hydrogens (tertiary/aromatic N) is 2. The van der Waals surface area contributed by atoms with Crippen LogP contribution in [-0.4, -0.2) is 9.78 Å². The number of aromatic nitrogens is 2. The predicted molar refractivity (Wildman–Crippen MR) is 61.5 cm³/mol. The number of hydrogen-bond acceptors (Lipinski definition) is 2. The molecule has 16 heavy (non-hydrogen) atoms. The molecule has 0 saturated heterocycles. The summed E-state index contributed by atoms with van der Waals surface area (Å²) in [4.78, 5) is 0. The number of rotatable bonds is 2. The molecule has 2 rings (SSSR count). The summed E-state index contributed by atoms with van der Waals surface area (Å²) in [6.45, 7) is 0.378. The van der Waals surface area contributed by atoms with Crippen LogP contribution in [0.4, 0.5) is 4.39 Å². The number of hydrogen-bond donors (Lipinski definition) is 1. The van der Waals surface area contributed by atoms with Gasteiger partial charge in [-0.1, -0.05) is 11.6 Å². The normalized spacial score (nSPS) is 10.8. The van der Waals surface area contributed by atoms with Crippen molar-refractivity contribution in [2.75, 3.05) is 0 Å². The van der Waals surface area contributed by atoms with E-state index in [4.69, 9.17) is 17.3 Å². The summed E-state index contributed by atoms with van der Waals surface area (Å²) in [5.74, 6) is -0.424. The summed E-state index contributed by atoms with van der Waals surface area (Å²) in [6, 6.07) is 6.45. The largest absolute Gasteiger partial charge is 0.325 e. The monoisotopic (exact) mass is 239 g/mol. The van der Waals surface area contributed by atoms with Gasteiger partial charge in [-0.3, -0.25) is 4.68 Å². The van der Waals surface area contributed by atoms with E-state index in [-0.39, 0.29) is 5.02 Å². The third kappa shape index (κ3) is 1.94. The first-order valence-corrected chi connectivity index (χ1v) is 5.18. The summed E-state index contributed by atoms with van der Waals surface area (Å²) in [5.41, 5.74) is 7.98. The van der Waals surface area contributed by atoms with Crippen LogP contribution in [0.15, 0.2) is 24.3 Å². The molecule has 0 amide bonds. The highest BCUT2D eigenvalue weighted by Gasteiger charge is 2.08. The molecule has 5 heteroatoms. The Morgan fingerprint density at radius 2 is 2.19 bits per heavy atom. The predicted octanol–water partition coefficient (Wildman–Crippen LogP) is 2.34. The van der Waals surface area contributed by atoms with Gasteiger partial charge in [0, 0.05) is 19.2 Å². The van der Waals surface area contributed by atoms with E-state index in [2.05, 4.69) is 5.10 Å². The third-order valence-electron chi connectivity index (χ3n) is 2.35. The Bertz CT molecular complexity index is 522. The number of halogens is 2. The molecule has 0 aliphatic heterocycles. The maximum absolute atomic E-state index is 13.0. The van der Waals surface area contributed by atoms with Gasteiger partial charge in [0.2, 0.25) is 0 Å². The smallest absolute Gasteiger partial charge is 0.141 e. The molecule has 0 spiro atoms. The summed E-state index contributed by atoms with van der Waals surface area (Å²) < 4.78 is 14.7. The van der Waals surface area contributed by atoms with Crippen LogP contribution >= 0.6 is 11.6 Å². The van der Waals surface area contributed by atoms with Crippen molar-refractivity contribution in [1.29, 1.82) is 0 Å². The van der Waals surface area contributed by atoms with E-state index >= 15 is 0 Å². The fraction of sp³-hybridized carbons (Fsp3) is 0.182. The van der Waals surface area contributed by atoms with Gasteiger partial charge in [0.15, 0.2) is 0 Å². The minimum absolute atomic E-state index is 0.105. The van der Waals surface area contributed by atoms with Crippen LogP contribution in [-0.2, 0) is 13.6 Å². The Morgan fingerprint density at radius 3 is 2.75 bits per heavy atom. The van der Waals surface area contributed by atoms with Crippen LogP contribution in [0, 0.1) is 5.82 Å². The van der Waals surface area contributed by atoms with E-state index in [0.717, 1.165) is 17.0 Å². The molecule has 3 nitrogen and oxygen atoms in total. The van der Waals surface area contributed by atoms with E-state index in [1.165, 1.54) is 6.07 Å². The zero-order chi connectivity index (χ0) is 11.7. The van der Waals surface area contributed by atoms with Crippen LogP contribution in [0.25, 0.3) is 11.3 Å². The van der Waals surface area contributed by atoms with Crippen LogP contribution in [0.1, 0.15) is 5.69 Å². The molecule has 84 valence electrons. The van der Waals surface area contributed by atoms with Gasteiger partial charge in [0.05, 0.1) is 16.4 Å². The van der Waals surface area contributed by atoms with Crippen LogP contribution in [0.3, 0.4) is 0 Å². The molecular formula is C11H11ClFN3.